The maximum absolute atomic E-state index is 12.6. The van der Waals surface area contributed by atoms with Crippen LogP contribution in [-0.2, 0) is 4.74 Å². The molecule has 0 spiro atoms. The van der Waals surface area contributed by atoms with Crippen LogP contribution in [0.25, 0.3) is 0 Å². The zero-order valence-electron chi connectivity index (χ0n) is 12.4. The molecule has 0 saturated heterocycles. The summed E-state index contributed by atoms with van der Waals surface area (Å²) in [5.74, 6) is 0. The minimum absolute atomic E-state index is 0.0110. The Labute approximate surface area is 119 Å². The SMILES string of the molecule is CCN(C(C)COC)C(CN)c1ccc(C(F)F)cc1. The number of halogens is 2. The van der Waals surface area contributed by atoms with E-state index in [2.05, 4.69) is 18.7 Å². The van der Waals surface area contributed by atoms with E-state index >= 15 is 0 Å². The molecule has 2 unspecified atom stereocenters. The molecule has 0 aliphatic heterocycles. The van der Waals surface area contributed by atoms with E-state index in [1.807, 2.05) is 0 Å². The molecule has 0 aliphatic carbocycles. The molecular formula is C15H24F2N2O. The lowest BCUT2D eigenvalue weighted by atomic mass is 10.0. The van der Waals surface area contributed by atoms with Gasteiger partial charge in [0.15, 0.2) is 0 Å². The summed E-state index contributed by atoms with van der Waals surface area (Å²) in [6.07, 6.45) is -2.44. The lowest BCUT2D eigenvalue weighted by Gasteiger charge is -2.35. The summed E-state index contributed by atoms with van der Waals surface area (Å²) in [6, 6.07) is 6.64. The van der Waals surface area contributed by atoms with E-state index in [0.717, 1.165) is 12.1 Å². The van der Waals surface area contributed by atoms with Crippen molar-refractivity contribution in [2.24, 2.45) is 5.73 Å². The van der Waals surface area contributed by atoms with Crippen molar-refractivity contribution in [2.45, 2.75) is 32.4 Å². The van der Waals surface area contributed by atoms with Crippen molar-refractivity contribution in [2.75, 3.05) is 26.8 Å². The number of methoxy groups -OCH3 is 1. The lowest BCUT2D eigenvalue weighted by molar-refractivity contribution is 0.0751. The molecule has 0 aliphatic rings. The first-order chi connectivity index (χ1) is 9.54. The van der Waals surface area contributed by atoms with Gasteiger partial charge in [-0.3, -0.25) is 4.90 Å². The van der Waals surface area contributed by atoms with Gasteiger partial charge in [-0.15, -0.1) is 0 Å². The number of likely N-dealkylation sites (N-methyl/N-ethyl adjacent to an activating group) is 1. The van der Waals surface area contributed by atoms with Gasteiger partial charge in [0.2, 0.25) is 0 Å². The van der Waals surface area contributed by atoms with Crippen LogP contribution in [0.15, 0.2) is 24.3 Å². The fraction of sp³-hybridized carbons (Fsp3) is 0.600. The highest BCUT2D eigenvalue weighted by Crippen LogP contribution is 2.25. The molecule has 0 amide bonds. The molecule has 114 valence electrons. The molecule has 0 radical (unpaired) electrons. The second kappa shape index (κ2) is 8.29. The zero-order chi connectivity index (χ0) is 15.1. The maximum Gasteiger partial charge on any atom is 0.263 e. The zero-order valence-corrected chi connectivity index (χ0v) is 12.4. The normalized spacial score (nSPS) is 14.8. The standard InChI is InChI=1S/C15H24F2N2O/c1-4-19(11(2)10-20-3)14(9-18)12-5-7-13(8-6-12)15(16)17/h5-8,11,14-15H,4,9-10,18H2,1-3H3. The van der Waals surface area contributed by atoms with Crippen molar-refractivity contribution in [3.8, 4) is 0 Å². The van der Waals surface area contributed by atoms with Crippen molar-refractivity contribution in [3.05, 3.63) is 35.4 Å². The van der Waals surface area contributed by atoms with Gasteiger partial charge in [0, 0.05) is 31.3 Å². The summed E-state index contributed by atoms with van der Waals surface area (Å²) in [4.78, 5) is 2.22. The average Bonchev–Trinajstić information content (AvgIpc) is 2.44. The fourth-order valence-corrected chi connectivity index (χ4v) is 2.50. The Bertz CT molecular complexity index is 384. The van der Waals surface area contributed by atoms with Gasteiger partial charge in [0.1, 0.15) is 0 Å². The number of hydrogen-bond donors (Lipinski definition) is 1. The molecule has 0 aromatic heterocycles. The monoisotopic (exact) mass is 286 g/mol. The van der Waals surface area contributed by atoms with Gasteiger partial charge in [0.25, 0.3) is 6.43 Å². The number of benzene rings is 1. The minimum atomic E-state index is -2.44. The van der Waals surface area contributed by atoms with Crippen LogP contribution in [-0.4, -0.2) is 37.7 Å². The molecule has 1 rings (SSSR count). The van der Waals surface area contributed by atoms with Gasteiger partial charge in [-0.05, 0) is 19.0 Å². The van der Waals surface area contributed by atoms with E-state index < -0.39 is 6.43 Å². The number of alkyl halides is 2. The molecule has 1 aromatic rings. The van der Waals surface area contributed by atoms with Gasteiger partial charge in [-0.25, -0.2) is 8.78 Å². The minimum Gasteiger partial charge on any atom is -0.383 e. The number of nitrogens with zero attached hydrogens (tertiary/aromatic N) is 1. The number of hydrogen-bond acceptors (Lipinski definition) is 3. The fourth-order valence-electron chi connectivity index (χ4n) is 2.50. The first-order valence-corrected chi connectivity index (χ1v) is 6.87. The van der Waals surface area contributed by atoms with Crippen LogP contribution in [0.5, 0.6) is 0 Å². The van der Waals surface area contributed by atoms with E-state index in [1.165, 1.54) is 12.1 Å². The van der Waals surface area contributed by atoms with Crippen LogP contribution >= 0.6 is 0 Å². The smallest absolute Gasteiger partial charge is 0.263 e. The van der Waals surface area contributed by atoms with Crippen molar-refractivity contribution < 1.29 is 13.5 Å². The predicted octanol–water partition coefficient (Wildman–Crippen LogP) is 2.98. The molecule has 20 heavy (non-hydrogen) atoms. The van der Waals surface area contributed by atoms with Gasteiger partial charge in [-0.1, -0.05) is 31.2 Å². The van der Waals surface area contributed by atoms with Crippen LogP contribution in [0.4, 0.5) is 8.78 Å². The van der Waals surface area contributed by atoms with Crippen molar-refractivity contribution in [3.63, 3.8) is 0 Å². The first kappa shape index (κ1) is 17.0. The Balaban J connectivity index is 2.92. The third-order valence-electron chi connectivity index (χ3n) is 3.54. The van der Waals surface area contributed by atoms with E-state index in [0.29, 0.717) is 13.2 Å². The number of ether oxygens (including phenoxy) is 1. The highest BCUT2D eigenvalue weighted by atomic mass is 19.3. The molecule has 0 fully saturated rings. The predicted molar refractivity (Wildman–Crippen MR) is 76.9 cm³/mol. The molecule has 0 bridgehead atoms. The van der Waals surface area contributed by atoms with Gasteiger partial charge >= 0.3 is 0 Å². The lowest BCUT2D eigenvalue weighted by Crippen LogP contribution is -2.42. The van der Waals surface area contributed by atoms with Crippen molar-refractivity contribution >= 4 is 0 Å². The van der Waals surface area contributed by atoms with Gasteiger partial charge in [-0.2, -0.15) is 0 Å². The molecule has 3 nitrogen and oxygen atoms in total. The highest BCUT2D eigenvalue weighted by molar-refractivity contribution is 5.26. The molecule has 0 heterocycles. The van der Waals surface area contributed by atoms with E-state index in [9.17, 15) is 8.78 Å². The van der Waals surface area contributed by atoms with Gasteiger partial charge in [0.05, 0.1) is 6.61 Å². The summed E-state index contributed by atoms with van der Waals surface area (Å²) in [5, 5.41) is 0. The van der Waals surface area contributed by atoms with Crippen molar-refractivity contribution in [1.82, 2.24) is 4.90 Å². The second-order valence-electron chi connectivity index (χ2n) is 4.85. The summed E-state index contributed by atoms with van der Waals surface area (Å²) < 4.78 is 30.4. The molecule has 1 aromatic carbocycles. The Hall–Kier alpha value is -1.04. The Morgan fingerprint density at radius 1 is 1.20 bits per heavy atom. The highest BCUT2D eigenvalue weighted by Gasteiger charge is 2.22. The van der Waals surface area contributed by atoms with E-state index in [-0.39, 0.29) is 17.6 Å². The largest absolute Gasteiger partial charge is 0.383 e. The number of nitrogens with two attached hydrogens (primary N) is 1. The molecule has 2 atom stereocenters. The topological polar surface area (TPSA) is 38.5 Å². The first-order valence-electron chi connectivity index (χ1n) is 6.87. The Morgan fingerprint density at radius 2 is 1.75 bits per heavy atom. The molecule has 5 heteroatoms. The van der Waals surface area contributed by atoms with Crippen LogP contribution in [0.1, 0.15) is 37.4 Å². The molecule has 2 N–H and O–H groups in total. The Kier molecular flexibility index (Phi) is 7.05. The quantitative estimate of drug-likeness (QED) is 0.798. The molecule has 0 saturated carbocycles. The van der Waals surface area contributed by atoms with E-state index in [1.54, 1.807) is 19.2 Å². The molecular weight excluding hydrogens is 262 g/mol. The average molecular weight is 286 g/mol. The van der Waals surface area contributed by atoms with Crippen LogP contribution in [0, 0.1) is 0 Å². The number of rotatable bonds is 8. The summed E-state index contributed by atoms with van der Waals surface area (Å²) in [7, 11) is 1.67. The van der Waals surface area contributed by atoms with Crippen LogP contribution in [0.2, 0.25) is 0 Å². The second-order valence-corrected chi connectivity index (χ2v) is 4.85. The summed E-state index contributed by atoms with van der Waals surface area (Å²) >= 11 is 0. The van der Waals surface area contributed by atoms with E-state index in [4.69, 9.17) is 10.5 Å². The van der Waals surface area contributed by atoms with Gasteiger partial charge < -0.3 is 10.5 Å². The maximum atomic E-state index is 12.6. The third kappa shape index (κ3) is 4.23. The summed E-state index contributed by atoms with van der Waals surface area (Å²) in [5.41, 5.74) is 6.88. The third-order valence-corrected chi connectivity index (χ3v) is 3.54. The van der Waals surface area contributed by atoms with Crippen LogP contribution in [0.3, 0.4) is 0 Å². The van der Waals surface area contributed by atoms with Crippen LogP contribution < -0.4 is 5.73 Å². The van der Waals surface area contributed by atoms with Crippen molar-refractivity contribution in [1.29, 1.82) is 0 Å². The Morgan fingerprint density at radius 3 is 2.15 bits per heavy atom. The summed E-state index contributed by atoms with van der Waals surface area (Å²) in [6.45, 7) is 6.00.